The van der Waals surface area contributed by atoms with Crippen molar-refractivity contribution in [3.05, 3.63) is 40.6 Å². The quantitative estimate of drug-likeness (QED) is 0.647. The molecule has 0 unspecified atom stereocenters. The smallest absolute Gasteiger partial charge is 0.207 e. The van der Waals surface area contributed by atoms with E-state index in [0.29, 0.717) is 12.6 Å². The molecular formula is C21H28N4O. The number of fused-ring (bicyclic) bond motifs is 1. The Morgan fingerprint density at radius 1 is 1.00 bits per heavy atom. The summed E-state index contributed by atoms with van der Waals surface area (Å²) in [5.74, 6) is 1.20. The number of hydrogen-bond donors (Lipinski definition) is 1. The van der Waals surface area contributed by atoms with Crippen LogP contribution in [0.5, 0.6) is 5.75 Å². The van der Waals surface area contributed by atoms with E-state index in [-0.39, 0.29) is 0 Å². The highest BCUT2D eigenvalue weighted by Gasteiger charge is 2.19. The molecule has 0 fully saturated rings. The van der Waals surface area contributed by atoms with Crippen molar-refractivity contribution in [2.75, 3.05) is 12.3 Å². The van der Waals surface area contributed by atoms with E-state index < -0.39 is 0 Å². The van der Waals surface area contributed by atoms with Gasteiger partial charge < -0.3 is 10.5 Å². The summed E-state index contributed by atoms with van der Waals surface area (Å²) >= 11 is 0. The summed E-state index contributed by atoms with van der Waals surface area (Å²) in [4.78, 5) is 9.31. The molecule has 0 aliphatic heterocycles. The van der Waals surface area contributed by atoms with E-state index in [2.05, 4.69) is 44.8 Å². The molecule has 2 N–H and O–H groups in total. The molecule has 5 heteroatoms. The third kappa shape index (κ3) is 3.39. The summed E-state index contributed by atoms with van der Waals surface area (Å²) in [6.45, 7) is 11.1. The van der Waals surface area contributed by atoms with Gasteiger partial charge in [0.05, 0.1) is 12.3 Å². The summed E-state index contributed by atoms with van der Waals surface area (Å²) in [5.41, 5.74) is 13.3. The van der Waals surface area contributed by atoms with E-state index in [9.17, 15) is 0 Å². The number of unbranched alkanes of at least 4 members (excludes halogenated alkanes) is 2. The van der Waals surface area contributed by atoms with Gasteiger partial charge in [-0.25, -0.2) is 9.97 Å². The van der Waals surface area contributed by atoms with E-state index in [4.69, 9.17) is 15.5 Å². The van der Waals surface area contributed by atoms with Gasteiger partial charge in [0.1, 0.15) is 0 Å². The maximum absolute atomic E-state index is 6.31. The zero-order valence-corrected chi connectivity index (χ0v) is 16.4. The van der Waals surface area contributed by atoms with Gasteiger partial charge in [-0.15, -0.1) is 0 Å². The van der Waals surface area contributed by atoms with Crippen LogP contribution in [0.4, 0.5) is 5.95 Å². The number of nitrogens with zero attached hydrogens (tertiary/aromatic N) is 3. The fraction of sp³-hybridized carbons (Fsp3) is 0.429. The second-order valence-electron chi connectivity index (χ2n) is 7.04. The van der Waals surface area contributed by atoms with Crippen LogP contribution in [0.1, 0.15) is 48.6 Å². The van der Waals surface area contributed by atoms with Crippen molar-refractivity contribution in [2.24, 2.45) is 0 Å². The van der Waals surface area contributed by atoms with Crippen LogP contribution < -0.4 is 10.5 Å². The van der Waals surface area contributed by atoms with Gasteiger partial charge in [0.2, 0.25) is 5.95 Å². The predicted octanol–water partition coefficient (Wildman–Crippen LogP) is 4.81. The topological polar surface area (TPSA) is 66.0 Å². The normalized spacial score (nSPS) is 11.3. The molecule has 0 aliphatic carbocycles. The number of imidazole rings is 1. The minimum absolute atomic E-state index is 0.437. The highest BCUT2D eigenvalue weighted by Crippen LogP contribution is 2.32. The molecule has 26 heavy (non-hydrogen) atoms. The molecule has 0 radical (unpaired) electrons. The Morgan fingerprint density at radius 3 is 2.35 bits per heavy atom. The first-order valence-electron chi connectivity index (χ1n) is 9.29. The summed E-state index contributed by atoms with van der Waals surface area (Å²) in [7, 11) is 0. The van der Waals surface area contributed by atoms with Crippen LogP contribution in [-0.4, -0.2) is 21.1 Å². The van der Waals surface area contributed by atoms with Gasteiger partial charge in [-0.3, -0.25) is 4.57 Å². The third-order valence-electron chi connectivity index (χ3n) is 4.60. The van der Waals surface area contributed by atoms with E-state index in [1.54, 1.807) is 0 Å². The second-order valence-corrected chi connectivity index (χ2v) is 7.04. The molecule has 5 nitrogen and oxygen atoms in total. The predicted molar refractivity (Wildman–Crippen MR) is 107 cm³/mol. The molecule has 0 saturated carbocycles. The van der Waals surface area contributed by atoms with Crippen molar-refractivity contribution >= 4 is 17.1 Å². The van der Waals surface area contributed by atoms with E-state index >= 15 is 0 Å². The van der Waals surface area contributed by atoms with Gasteiger partial charge in [0.15, 0.2) is 16.9 Å². The maximum atomic E-state index is 6.31. The third-order valence-corrected chi connectivity index (χ3v) is 4.60. The molecule has 2 heterocycles. The standard InChI is InChI=1S/C21H28N4O/c1-6-7-8-9-26-17-12-16(5)23-20-18(17)24-21(22)25(20)19-14(3)10-13(2)11-15(19)4/h10-12H,6-9H2,1-5H3,(H2,22,24). The molecule has 138 valence electrons. The summed E-state index contributed by atoms with van der Waals surface area (Å²) in [5, 5.41) is 0. The molecule has 0 saturated heterocycles. The number of benzene rings is 1. The number of hydrogen-bond acceptors (Lipinski definition) is 4. The van der Waals surface area contributed by atoms with Crippen LogP contribution in [0.2, 0.25) is 0 Å². The van der Waals surface area contributed by atoms with Gasteiger partial charge in [0.25, 0.3) is 0 Å². The number of aromatic nitrogens is 3. The summed E-state index contributed by atoms with van der Waals surface area (Å²) in [6, 6.07) is 6.26. The van der Waals surface area contributed by atoms with E-state index in [1.807, 2.05) is 17.6 Å². The zero-order valence-electron chi connectivity index (χ0n) is 16.4. The van der Waals surface area contributed by atoms with Gasteiger partial charge in [-0.05, 0) is 45.2 Å². The number of rotatable bonds is 6. The number of pyridine rings is 1. The van der Waals surface area contributed by atoms with Crippen LogP contribution in [0.25, 0.3) is 16.9 Å². The Morgan fingerprint density at radius 2 is 1.69 bits per heavy atom. The van der Waals surface area contributed by atoms with Crippen molar-refractivity contribution < 1.29 is 4.74 Å². The van der Waals surface area contributed by atoms with Gasteiger partial charge in [-0.2, -0.15) is 0 Å². The molecule has 0 aliphatic rings. The lowest BCUT2D eigenvalue weighted by Gasteiger charge is -2.14. The summed E-state index contributed by atoms with van der Waals surface area (Å²) < 4.78 is 7.96. The Balaban J connectivity index is 2.14. The Hall–Kier alpha value is -2.56. The summed E-state index contributed by atoms with van der Waals surface area (Å²) in [6.07, 6.45) is 3.36. The number of nitrogens with two attached hydrogens (primary N) is 1. The monoisotopic (exact) mass is 352 g/mol. The number of aryl methyl sites for hydroxylation is 4. The Bertz CT molecular complexity index is 920. The average Bonchev–Trinajstić information content (AvgIpc) is 2.87. The molecule has 2 aromatic heterocycles. The molecule has 0 spiro atoms. The van der Waals surface area contributed by atoms with Gasteiger partial charge in [-0.1, -0.05) is 37.5 Å². The van der Waals surface area contributed by atoms with Crippen LogP contribution in [0.3, 0.4) is 0 Å². The van der Waals surface area contributed by atoms with E-state index in [1.165, 1.54) is 12.0 Å². The minimum Gasteiger partial charge on any atom is -0.491 e. The first-order chi connectivity index (χ1) is 12.4. The fourth-order valence-electron chi connectivity index (χ4n) is 3.54. The molecule has 0 bridgehead atoms. The maximum Gasteiger partial charge on any atom is 0.207 e. The molecular weight excluding hydrogens is 324 g/mol. The van der Waals surface area contributed by atoms with Crippen LogP contribution in [-0.2, 0) is 0 Å². The van der Waals surface area contributed by atoms with Gasteiger partial charge in [0, 0.05) is 11.8 Å². The van der Waals surface area contributed by atoms with Crippen molar-refractivity contribution in [3.8, 4) is 11.4 Å². The first-order valence-corrected chi connectivity index (χ1v) is 9.29. The highest BCUT2D eigenvalue weighted by atomic mass is 16.5. The SMILES string of the molecule is CCCCCOc1cc(C)nc2c1nc(N)n2-c1c(C)cc(C)cc1C. The van der Waals surface area contributed by atoms with Crippen molar-refractivity contribution in [3.63, 3.8) is 0 Å². The lowest BCUT2D eigenvalue weighted by Crippen LogP contribution is -2.06. The second kappa shape index (κ2) is 7.36. The first kappa shape index (κ1) is 18.2. The molecule has 1 aromatic carbocycles. The van der Waals surface area contributed by atoms with Gasteiger partial charge >= 0.3 is 0 Å². The minimum atomic E-state index is 0.437. The van der Waals surface area contributed by atoms with Crippen LogP contribution in [0, 0.1) is 27.7 Å². The number of anilines is 1. The molecule has 0 amide bonds. The van der Waals surface area contributed by atoms with E-state index in [0.717, 1.165) is 52.3 Å². The number of nitrogen functional groups attached to an aromatic ring is 1. The zero-order chi connectivity index (χ0) is 18.8. The Kier molecular flexibility index (Phi) is 5.16. The molecule has 3 rings (SSSR count). The van der Waals surface area contributed by atoms with Crippen molar-refractivity contribution in [1.82, 2.24) is 14.5 Å². The average molecular weight is 352 g/mol. The van der Waals surface area contributed by atoms with Crippen LogP contribution >= 0.6 is 0 Å². The largest absolute Gasteiger partial charge is 0.491 e. The lowest BCUT2D eigenvalue weighted by molar-refractivity contribution is 0.309. The number of ether oxygens (including phenoxy) is 1. The molecule has 0 atom stereocenters. The van der Waals surface area contributed by atoms with Crippen molar-refractivity contribution in [2.45, 2.75) is 53.9 Å². The molecule has 3 aromatic rings. The lowest BCUT2D eigenvalue weighted by atomic mass is 10.0. The van der Waals surface area contributed by atoms with Crippen molar-refractivity contribution in [1.29, 1.82) is 0 Å². The van der Waals surface area contributed by atoms with Crippen LogP contribution in [0.15, 0.2) is 18.2 Å². The Labute approximate surface area is 155 Å². The fourth-order valence-corrected chi connectivity index (χ4v) is 3.54. The highest BCUT2D eigenvalue weighted by molar-refractivity contribution is 5.84.